The first-order chi connectivity index (χ1) is 5.57. The van der Waals surface area contributed by atoms with Crippen LogP contribution in [-0.2, 0) is 10.8 Å². The second kappa shape index (κ2) is 5.96. The SMILES string of the molecule is CC(CNCC(N)=NO)S(C)=O. The largest absolute Gasteiger partial charge is 0.409 e. The quantitative estimate of drug-likeness (QED) is 0.228. The summed E-state index contributed by atoms with van der Waals surface area (Å²) in [6, 6.07) is 0. The molecule has 0 rings (SSSR count). The smallest absolute Gasteiger partial charge is 0.153 e. The molecule has 0 aliphatic heterocycles. The molecule has 0 amide bonds. The van der Waals surface area contributed by atoms with Crippen LogP contribution in [0, 0.1) is 0 Å². The summed E-state index contributed by atoms with van der Waals surface area (Å²) >= 11 is 0. The zero-order valence-corrected chi connectivity index (χ0v) is 8.10. The monoisotopic (exact) mass is 193 g/mol. The van der Waals surface area contributed by atoms with Crippen LogP contribution < -0.4 is 11.1 Å². The molecule has 2 atom stereocenters. The molecular weight excluding hydrogens is 178 g/mol. The fourth-order valence-electron chi connectivity index (χ4n) is 0.556. The van der Waals surface area contributed by atoms with Crippen molar-refractivity contribution in [1.82, 2.24) is 5.32 Å². The van der Waals surface area contributed by atoms with Crippen LogP contribution in [0.4, 0.5) is 0 Å². The van der Waals surface area contributed by atoms with Crippen LogP contribution in [0.25, 0.3) is 0 Å². The van der Waals surface area contributed by atoms with E-state index in [2.05, 4.69) is 10.5 Å². The van der Waals surface area contributed by atoms with Gasteiger partial charge in [0.15, 0.2) is 5.84 Å². The van der Waals surface area contributed by atoms with Crippen molar-refractivity contribution in [2.45, 2.75) is 12.2 Å². The molecule has 0 aliphatic carbocycles. The van der Waals surface area contributed by atoms with Gasteiger partial charge in [0.2, 0.25) is 0 Å². The Balaban J connectivity index is 3.50. The van der Waals surface area contributed by atoms with Crippen molar-refractivity contribution in [3.8, 4) is 0 Å². The minimum atomic E-state index is -0.833. The van der Waals surface area contributed by atoms with E-state index < -0.39 is 10.8 Å². The lowest BCUT2D eigenvalue weighted by Crippen LogP contribution is -2.34. The van der Waals surface area contributed by atoms with Crippen LogP contribution in [0.5, 0.6) is 0 Å². The van der Waals surface area contributed by atoms with Crippen molar-refractivity contribution in [3.63, 3.8) is 0 Å². The van der Waals surface area contributed by atoms with Gasteiger partial charge in [-0.2, -0.15) is 0 Å². The summed E-state index contributed by atoms with van der Waals surface area (Å²) in [4.78, 5) is 0. The third kappa shape index (κ3) is 5.09. The molecule has 0 aromatic rings. The first-order valence-electron chi connectivity index (χ1n) is 3.57. The Morgan fingerprint density at radius 3 is 2.83 bits per heavy atom. The Bertz CT molecular complexity index is 184. The number of nitrogens with two attached hydrogens (primary N) is 1. The summed E-state index contributed by atoms with van der Waals surface area (Å²) < 4.78 is 10.8. The lowest BCUT2D eigenvalue weighted by atomic mass is 10.4. The summed E-state index contributed by atoms with van der Waals surface area (Å²) in [5.41, 5.74) is 5.20. The van der Waals surface area contributed by atoms with Gasteiger partial charge in [0.25, 0.3) is 0 Å². The molecular formula is C6H15N3O2S. The summed E-state index contributed by atoms with van der Waals surface area (Å²) in [5.74, 6) is 0.129. The average molecular weight is 193 g/mol. The first-order valence-corrected chi connectivity index (χ1v) is 5.19. The van der Waals surface area contributed by atoms with Gasteiger partial charge in [-0.15, -0.1) is 0 Å². The standard InChI is InChI=1S/C6H15N3O2S/c1-5(12(2)11)3-8-4-6(7)9-10/h5,8,10H,3-4H2,1-2H3,(H2,7,9). The van der Waals surface area contributed by atoms with Gasteiger partial charge >= 0.3 is 0 Å². The zero-order valence-electron chi connectivity index (χ0n) is 7.28. The van der Waals surface area contributed by atoms with E-state index in [-0.39, 0.29) is 11.1 Å². The second-order valence-corrected chi connectivity index (χ2v) is 4.33. The van der Waals surface area contributed by atoms with Crippen molar-refractivity contribution in [2.75, 3.05) is 19.3 Å². The van der Waals surface area contributed by atoms with Crippen molar-refractivity contribution < 1.29 is 9.42 Å². The summed E-state index contributed by atoms with van der Waals surface area (Å²) in [6.07, 6.45) is 1.65. The van der Waals surface area contributed by atoms with Crippen molar-refractivity contribution in [3.05, 3.63) is 0 Å². The van der Waals surface area contributed by atoms with E-state index in [0.29, 0.717) is 13.1 Å². The van der Waals surface area contributed by atoms with Gasteiger partial charge in [0, 0.05) is 28.9 Å². The molecule has 0 fully saturated rings. The van der Waals surface area contributed by atoms with E-state index in [0.717, 1.165) is 0 Å². The third-order valence-electron chi connectivity index (χ3n) is 1.43. The van der Waals surface area contributed by atoms with Crippen LogP contribution in [0.2, 0.25) is 0 Å². The molecule has 2 unspecified atom stereocenters. The Kier molecular flexibility index (Phi) is 5.65. The molecule has 0 radical (unpaired) electrons. The van der Waals surface area contributed by atoms with E-state index in [1.165, 1.54) is 0 Å². The average Bonchev–Trinajstić information content (AvgIpc) is 2.03. The molecule has 4 N–H and O–H groups in total. The maximum atomic E-state index is 10.8. The van der Waals surface area contributed by atoms with Crippen molar-refractivity contribution >= 4 is 16.6 Å². The fourth-order valence-corrected chi connectivity index (χ4v) is 0.909. The number of nitrogens with one attached hydrogen (secondary N) is 1. The van der Waals surface area contributed by atoms with E-state index in [1.807, 2.05) is 6.92 Å². The van der Waals surface area contributed by atoms with Crippen LogP contribution in [0.1, 0.15) is 6.92 Å². The number of hydrogen-bond acceptors (Lipinski definition) is 4. The predicted molar refractivity (Wildman–Crippen MR) is 49.8 cm³/mol. The van der Waals surface area contributed by atoms with Gasteiger partial charge in [-0.1, -0.05) is 5.16 Å². The highest BCUT2D eigenvalue weighted by atomic mass is 32.2. The topological polar surface area (TPSA) is 87.7 Å². The highest BCUT2D eigenvalue weighted by Gasteiger charge is 2.04. The summed E-state index contributed by atoms with van der Waals surface area (Å²) in [5, 5.41) is 13.9. The highest BCUT2D eigenvalue weighted by Crippen LogP contribution is 1.88. The predicted octanol–water partition coefficient (Wildman–Crippen LogP) is -0.911. The first kappa shape index (κ1) is 11.4. The van der Waals surface area contributed by atoms with E-state index in [4.69, 9.17) is 10.9 Å². The molecule has 72 valence electrons. The molecule has 0 aliphatic rings. The van der Waals surface area contributed by atoms with Gasteiger partial charge in [-0.05, 0) is 6.92 Å². The van der Waals surface area contributed by atoms with Crippen LogP contribution in [-0.4, -0.2) is 39.8 Å². The zero-order chi connectivity index (χ0) is 9.56. The third-order valence-corrected chi connectivity index (χ3v) is 2.73. The Labute approximate surface area is 74.5 Å². The highest BCUT2D eigenvalue weighted by molar-refractivity contribution is 7.84. The number of amidine groups is 1. The van der Waals surface area contributed by atoms with Crippen molar-refractivity contribution in [2.24, 2.45) is 10.9 Å². The Morgan fingerprint density at radius 1 is 1.83 bits per heavy atom. The Morgan fingerprint density at radius 2 is 2.42 bits per heavy atom. The maximum absolute atomic E-state index is 10.8. The maximum Gasteiger partial charge on any atom is 0.153 e. The minimum Gasteiger partial charge on any atom is -0.409 e. The van der Waals surface area contributed by atoms with Crippen LogP contribution in [0.15, 0.2) is 5.16 Å². The lowest BCUT2D eigenvalue weighted by Gasteiger charge is -2.08. The van der Waals surface area contributed by atoms with E-state index in [9.17, 15) is 4.21 Å². The molecule has 0 spiro atoms. The van der Waals surface area contributed by atoms with Gasteiger partial charge in [0.1, 0.15) is 0 Å². The number of nitrogens with zero attached hydrogens (tertiary/aromatic N) is 1. The number of oxime groups is 1. The summed E-state index contributed by atoms with van der Waals surface area (Å²) in [6.45, 7) is 2.78. The van der Waals surface area contributed by atoms with Gasteiger partial charge < -0.3 is 16.3 Å². The van der Waals surface area contributed by atoms with Gasteiger partial charge in [-0.3, -0.25) is 4.21 Å². The minimum absolute atomic E-state index is 0.0801. The molecule has 5 nitrogen and oxygen atoms in total. The molecule has 0 saturated carbocycles. The molecule has 0 aromatic heterocycles. The van der Waals surface area contributed by atoms with Crippen LogP contribution in [0.3, 0.4) is 0 Å². The Hall–Kier alpha value is -0.620. The molecule has 0 saturated heterocycles. The molecule has 0 aromatic carbocycles. The van der Waals surface area contributed by atoms with Crippen LogP contribution >= 0.6 is 0 Å². The second-order valence-electron chi connectivity index (χ2n) is 2.53. The van der Waals surface area contributed by atoms with Gasteiger partial charge in [-0.25, -0.2) is 0 Å². The lowest BCUT2D eigenvalue weighted by molar-refractivity contribution is 0.317. The van der Waals surface area contributed by atoms with E-state index >= 15 is 0 Å². The molecule has 6 heteroatoms. The molecule has 12 heavy (non-hydrogen) atoms. The van der Waals surface area contributed by atoms with Crippen molar-refractivity contribution in [1.29, 1.82) is 0 Å². The number of hydrogen-bond donors (Lipinski definition) is 3. The number of rotatable bonds is 5. The van der Waals surface area contributed by atoms with Gasteiger partial charge in [0.05, 0.1) is 6.54 Å². The summed E-state index contributed by atoms with van der Waals surface area (Å²) in [7, 11) is -0.833. The van der Waals surface area contributed by atoms with E-state index in [1.54, 1.807) is 6.26 Å². The normalized spacial score (nSPS) is 17.3. The fraction of sp³-hybridized carbons (Fsp3) is 0.833. The molecule has 0 bridgehead atoms. The molecule has 0 heterocycles.